The maximum absolute atomic E-state index is 2.57. The molecular weight excluding hydrogens is 483 g/mol. The van der Waals surface area contributed by atoms with Crippen LogP contribution in [0.25, 0.3) is 0 Å². The van der Waals surface area contributed by atoms with E-state index in [1.807, 2.05) is 5.20 Å². The van der Waals surface area contributed by atoms with Crippen LogP contribution in [-0.2, 0) is 20.4 Å². The molecule has 1 aromatic rings. The largest absolute Gasteiger partial charge is 1.00 e. The molecule has 0 amide bonds. The fraction of sp³-hybridized carbons (Fsp3) is 0.600. The maximum atomic E-state index is 2.57. The maximum Gasteiger partial charge on any atom is -1.00 e. The zero-order valence-corrected chi connectivity index (χ0v) is 24.9. The molecule has 0 fully saturated rings. The second-order valence-electron chi connectivity index (χ2n) is 8.52. The van der Waals surface area contributed by atoms with Crippen molar-refractivity contribution in [1.82, 2.24) is 0 Å². The fourth-order valence-corrected chi connectivity index (χ4v) is 10.3. The zero-order valence-electron chi connectivity index (χ0n) is 19.9. The van der Waals surface area contributed by atoms with Gasteiger partial charge in [0.1, 0.15) is 0 Å². The Kier molecular flexibility index (Phi) is 16.7. The smallest absolute Gasteiger partial charge is 1.00 e. The molecule has 1 atom stereocenters. The number of hydrogen-bond donors (Lipinski definition) is 0. The fourth-order valence-electron chi connectivity index (χ4n) is 4.76. The quantitative estimate of drug-likeness (QED) is 0.254. The van der Waals surface area contributed by atoms with Crippen molar-refractivity contribution in [3.05, 3.63) is 48.5 Å². The van der Waals surface area contributed by atoms with Gasteiger partial charge >= 0.3 is 182 Å². The van der Waals surface area contributed by atoms with Crippen molar-refractivity contribution in [1.29, 1.82) is 0 Å². The van der Waals surface area contributed by atoms with E-state index in [4.69, 9.17) is 0 Å². The van der Waals surface area contributed by atoms with Crippen LogP contribution in [0, 0.1) is 34.6 Å². The van der Waals surface area contributed by atoms with Gasteiger partial charge in [0.15, 0.2) is 0 Å². The third kappa shape index (κ3) is 7.26. The summed E-state index contributed by atoms with van der Waals surface area (Å²) < 4.78 is 1.68. The predicted octanol–water partition coefficient (Wildman–Crippen LogP) is -2.27. The van der Waals surface area contributed by atoms with E-state index in [1.54, 1.807) is 25.8 Å². The molecule has 0 aromatic heterocycles. The van der Waals surface area contributed by atoms with Crippen LogP contribution in [0.4, 0.5) is 0 Å². The standard InChI is InChI=1S/C25H39Si.3ClH.Ti/c1-8-10-12-17-26(24-16-13-15-23(24)14-11-9-2)25-21(6)19(4)18(3)20(5)22(25)7;;;;/h15,26H,8-14,17H2,1-7H3;3*1H;/q;;;;+3/p-3. The monoisotopic (exact) mass is 520 g/mol. The Morgan fingerprint density at radius 2 is 1.27 bits per heavy atom. The van der Waals surface area contributed by atoms with E-state index in [2.05, 4.69) is 75.0 Å². The van der Waals surface area contributed by atoms with Crippen molar-refractivity contribution in [2.75, 3.05) is 0 Å². The number of hydrogen-bond acceptors (Lipinski definition) is 0. The molecule has 0 bridgehead atoms. The molecule has 0 nitrogen and oxygen atoms in total. The van der Waals surface area contributed by atoms with Crippen molar-refractivity contribution in [2.45, 2.75) is 99.5 Å². The van der Waals surface area contributed by atoms with Gasteiger partial charge in [-0.2, -0.15) is 0 Å². The summed E-state index contributed by atoms with van der Waals surface area (Å²) in [6, 6.07) is 1.44. The summed E-state index contributed by atoms with van der Waals surface area (Å²) in [6.07, 6.45) is 11.8. The third-order valence-electron chi connectivity index (χ3n) is 6.87. The summed E-state index contributed by atoms with van der Waals surface area (Å²) in [7, 11) is -1.18. The van der Waals surface area contributed by atoms with Gasteiger partial charge in [0, 0.05) is 0 Å². The van der Waals surface area contributed by atoms with Crippen molar-refractivity contribution in [3.63, 3.8) is 0 Å². The first-order valence-corrected chi connectivity index (χ1v) is 13.8. The van der Waals surface area contributed by atoms with Gasteiger partial charge in [-0.1, -0.05) is 0 Å². The van der Waals surface area contributed by atoms with E-state index >= 15 is 0 Å². The van der Waals surface area contributed by atoms with Gasteiger partial charge in [0.25, 0.3) is 0 Å². The summed E-state index contributed by atoms with van der Waals surface area (Å²) in [6.45, 7) is 16.5. The number of halogens is 3. The Balaban J connectivity index is 0. The second kappa shape index (κ2) is 15.4. The summed E-state index contributed by atoms with van der Waals surface area (Å²) in [5.74, 6) is 0. The van der Waals surface area contributed by atoms with Crippen LogP contribution in [0.3, 0.4) is 0 Å². The van der Waals surface area contributed by atoms with Crippen LogP contribution < -0.4 is 42.4 Å². The Hall–Kier alpha value is 0.501. The Bertz CT molecular complexity index is 724. The van der Waals surface area contributed by atoms with Gasteiger partial charge in [-0.25, -0.2) is 0 Å². The summed E-state index contributed by atoms with van der Waals surface area (Å²) >= 11 is 2.42. The van der Waals surface area contributed by atoms with E-state index in [1.165, 1.54) is 67.7 Å². The molecule has 0 aliphatic heterocycles. The number of unbranched alkanes of at least 4 members (excludes halogenated alkanes) is 3. The van der Waals surface area contributed by atoms with Crippen molar-refractivity contribution in [3.8, 4) is 0 Å². The predicted molar refractivity (Wildman–Crippen MR) is 120 cm³/mol. The summed E-state index contributed by atoms with van der Waals surface area (Å²) in [5.41, 5.74) is 9.51. The summed E-state index contributed by atoms with van der Waals surface area (Å²) in [4.78, 5) is 0. The molecule has 30 heavy (non-hydrogen) atoms. The Morgan fingerprint density at radius 3 is 1.77 bits per heavy atom. The van der Waals surface area contributed by atoms with Crippen LogP contribution in [0.2, 0.25) is 6.04 Å². The molecule has 5 heteroatoms. The molecule has 168 valence electrons. The first-order valence-electron chi connectivity index (χ1n) is 11.1. The van der Waals surface area contributed by atoms with Crippen LogP contribution in [0.1, 0.15) is 86.6 Å². The van der Waals surface area contributed by atoms with Gasteiger partial charge in [0.05, 0.1) is 0 Å². The Morgan fingerprint density at radius 1 is 0.767 bits per heavy atom. The third-order valence-corrected chi connectivity index (χ3v) is 12.0. The van der Waals surface area contributed by atoms with E-state index < -0.39 is 8.80 Å². The van der Waals surface area contributed by atoms with Gasteiger partial charge in [-0.15, -0.1) is 0 Å². The normalized spacial score (nSPS) is 14.0. The van der Waals surface area contributed by atoms with E-state index in [-0.39, 0.29) is 37.2 Å². The molecule has 2 rings (SSSR count). The molecule has 0 saturated heterocycles. The number of allylic oxidation sites excluding steroid dienone is 4. The minimum Gasteiger partial charge on any atom is -1.00 e. The van der Waals surface area contributed by atoms with Crippen LogP contribution >= 0.6 is 0 Å². The molecule has 1 aliphatic carbocycles. The number of benzene rings is 1. The van der Waals surface area contributed by atoms with Crippen molar-refractivity contribution in [2.24, 2.45) is 0 Å². The van der Waals surface area contributed by atoms with Crippen LogP contribution in [0.5, 0.6) is 0 Å². The van der Waals surface area contributed by atoms with E-state index in [9.17, 15) is 0 Å². The molecule has 0 saturated carbocycles. The average Bonchev–Trinajstić information content (AvgIpc) is 3.02. The molecule has 0 radical (unpaired) electrons. The average molecular weight is 522 g/mol. The van der Waals surface area contributed by atoms with E-state index in [0.717, 1.165) is 0 Å². The molecule has 1 unspecified atom stereocenters. The minimum absolute atomic E-state index is 0. The first kappa shape index (κ1) is 32.7. The SMILES string of the molecule is CCCCC[SiH](C1=[C]([Ti+3])CC=C1CCCC)c1c(C)c(C)c(C)c(C)c1C.[Cl-].[Cl-].[Cl-]. The topological polar surface area (TPSA) is 0 Å². The van der Waals surface area contributed by atoms with Crippen LogP contribution in [0.15, 0.2) is 20.7 Å². The van der Waals surface area contributed by atoms with Gasteiger partial charge in [-0.05, 0) is 0 Å². The molecular formula is C25H39Cl3SiTi. The molecule has 0 heterocycles. The summed E-state index contributed by atoms with van der Waals surface area (Å²) in [5, 5.41) is 3.62. The van der Waals surface area contributed by atoms with Crippen molar-refractivity contribution >= 4 is 14.0 Å². The molecule has 1 aliphatic rings. The number of rotatable bonds is 9. The Labute approximate surface area is 218 Å². The minimum atomic E-state index is -1.18. The van der Waals surface area contributed by atoms with Gasteiger partial charge < -0.3 is 37.2 Å². The van der Waals surface area contributed by atoms with E-state index in [0.29, 0.717) is 0 Å². The molecule has 0 N–H and O–H groups in total. The van der Waals surface area contributed by atoms with Crippen molar-refractivity contribution < 1.29 is 57.7 Å². The van der Waals surface area contributed by atoms with Gasteiger partial charge in [0.2, 0.25) is 0 Å². The molecule has 0 spiro atoms. The molecule has 1 aromatic carbocycles. The van der Waals surface area contributed by atoms with Crippen LogP contribution in [-0.4, -0.2) is 8.80 Å². The second-order valence-corrected chi connectivity index (χ2v) is 12.3. The first-order chi connectivity index (χ1) is 12.8. The zero-order chi connectivity index (χ0) is 20.1. The van der Waals surface area contributed by atoms with Gasteiger partial charge in [-0.3, -0.25) is 0 Å².